The molecule has 0 aliphatic carbocycles. The summed E-state index contributed by atoms with van der Waals surface area (Å²) < 4.78 is 5.08. The monoisotopic (exact) mass is 449 g/mol. The molecule has 4 rings (SSSR count). The molecule has 1 saturated heterocycles. The van der Waals surface area contributed by atoms with E-state index >= 15 is 0 Å². The lowest BCUT2D eigenvalue weighted by molar-refractivity contribution is 0.0556. The Hall–Kier alpha value is -3.35. The van der Waals surface area contributed by atoms with E-state index < -0.39 is 0 Å². The number of carbonyl (C=O) groups is 3. The molecule has 0 unspecified atom stereocenters. The van der Waals surface area contributed by atoms with Crippen LogP contribution < -0.4 is 5.32 Å². The van der Waals surface area contributed by atoms with Crippen LogP contribution in [0.15, 0.2) is 42.5 Å². The SMILES string of the molecule is CCOC(=O)N1CCC(N2Cc3cccc(C(=O)Nc4ccc(C(C)C)cc4)c3C2=O)CC1. The molecular formula is C26H31N3O4. The molecule has 3 amide bonds. The van der Waals surface area contributed by atoms with Crippen molar-refractivity contribution in [1.29, 1.82) is 0 Å². The molecule has 0 atom stereocenters. The van der Waals surface area contributed by atoms with Crippen molar-refractivity contribution in [3.63, 3.8) is 0 Å². The summed E-state index contributed by atoms with van der Waals surface area (Å²) in [6.45, 7) is 8.00. The van der Waals surface area contributed by atoms with Crippen molar-refractivity contribution in [3.8, 4) is 0 Å². The molecule has 7 heteroatoms. The fraction of sp³-hybridized carbons (Fsp3) is 0.423. The number of ether oxygens (including phenoxy) is 1. The highest BCUT2D eigenvalue weighted by molar-refractivity contribution is 6.13. The Morgan fingerprint density at radius 1 is 1.09 bits per heavy atom. The predicted molar refractivity (Wildman–Crippen MR) is 126 cm³/mol. The first-order valence-electron chi connectivity index (χ1n) is 11.6. The number of nitrogens with one attached hydrogen (secondary N) is 1. The molecule has 174 valence electrons. The van der Waals surface area contributed by atoms with Gasteiger partial charge in [-0.1, -0.05) is 38.1 Å². The minimum absolute atomic E-state index is 0.0371. The summed E-state index contributed by atoms with van der Waals surface area (Å²) in [4.78, 5) is 41.9. The maximum absolute atomic E-state index is 13.4. The van der Waals surface area contributed by atoms with Crippen molar-refractivity contribution in [1.82, 2.24) is 9.80 Å². The lowest BCUT2D eigenvalue weighted by Gasteiger charge is -2.36. The molecule has 2 aliphatic rings. The molecule has 2 aromatic carbocycles. The lowest BCUT2D eigenvalue weighted by Crippen LogP contribution is -2.47. The summed E-state index contributed by atoms with van der Waals surface area (Å²) in [5.41, 5.74) is 3.67. The van der Waals surface area contributed by atoms with Crippen molar-refractivity contribution >= 4 is 23.6 Å². The van der Waals surface area contributed by atoms with E-state index in [0.717, 1.165) is 5.56 Å². The maximum atomic E-state index is 13.4. The highest BCUT2D eigenvalue weighted by atomic mass is 16.6. The molecule has 0 saturated carbocycles. The van der Waals surface area contributed by atoms with Gasteiger partial charge in [-0.2, -0.15) is 0 Å². The molecule has 0 spiro atoms. The van der Waals surface area contributed by atoms with Gasteiger partial charge in [-0.25, -0.2) is 4.79 Å². The van der Waals surface area contributed by atoms with E-state index in [1.165, 1.54) is 5.56 Å². The number of hydrogen-bond acceptors (Lipinski definition) is 4. The minimum Gasteiger partial charge on any atom is -0.450 e. The molecule has 1 fully saturated rings. The second-order valence-corrected chi connectivity index (χ2v) is 8.92. The van der Waals surface area contributed by atoms with E-state index in [1.807, 2.05) is 41.3 Å². The molecule has 2 aromatic rings. The molecule has 0 aromatic heterocycles. The first-order valence-corrected chi connectivity index (χ1v) is 11.6. The molecule has 0 radical (unpaired) electrons. The predicted octanol–water partition coefficient (Wildman–Crippen LogP) is 4.64. The summed E-state index contributed by atoms with van der Waals surface area (Å²) in [6, 6.07) is 13.3. The quantitative estimate of drug-likeness (QED) is 0.721. The highest BCUT2D eigenvalue weighted by Gasteiger charge is 2.37. The molecule has 33 heavy (non-hydrogen) atoms. The topological polar surface area (TPSA) is 79.0 Å². The first-order chi connectivity index (χ1) is 15.9. The summed E-state index contributed by atoms with van der Waals surface area (Å²) in [6.07, 6.45) is 1.09. The zero-order valence-corrected chi connectivity index (χ0v) is 19.5. The Kier molecular flexibility index (Phi) is 6.67. The molecule has 2 heterocycles. The minimum atomic E-state index is -0.299. The summed E-state index contributed by atoms with van der Waals surface area (Å²) in [5, 5.41) is 2.93. The zero-order valence-electron chi connectivity index (χ0n) is 19.5. The van der Waals surface area contributed by atoms with Gasteiger partial charge in [0.05, 0.1) is 17.7 Å². The average molecular weight is 450 g/mol. The van der Waals surface area contributed by atoms with Crippen LogP contribution >= 0.6 is 0 Å². The average Bonchev–Trinajstić information content (AvgIpc) is 3.16. The van der Waals surface area contributed by atoms with Gasteiger partial charge in [-0.15, -0.1) is 0 Å². The van der Waals surface area contributed by atoms with Gasteiger partial charge in [-0.3, -0.25) is 9.59 Å². The van der Waals surface area contributed by atoms with Gasteiger partial charge in [0.1, 0.15) is 0 Å². The van der Waals surface area contributed by atoms with Crippen LogP contribution in [0.2, 0.25) is 0 Å². The second-order valence-electron chi connectivity index (χ2n) is 8.92. The summed E-state index contributed by atoms with van der Waals surface area (Å²) >= 11 is 0. The van der Waals surface area contributed by atoms with E-state index in [9.17, 15) is 14.4 Å². The van der Waals surface area contributed by atoms with Crippen LogP contribution in [0, 0.1) is 0 Å². The van der Waals surface area contributed by atoms with Crippen molar-refractivity contribution < 1.29 is 19.1 Å². The fourth-order valence-electron chi connectivity index (χ4n) is 4.59. The molecular weight excluding hydrogens is 418 g/mol. The second kappa shape index (κ2) is 9.65. The molecule has 0 bridgehead atoms. The Labute approximate surface area is 194 Å². The number of piperidine rings is 1. The van der Waals surface area contributed by atoms with Gasteiger partial charge in [0.15, 0.2) is 0 Å². The maximum Gasteiger partial charge on any atom is 0.409 e. The van der Waals surface area contributed by atoms with Crippen molar-refractivity contribution in [2.45, 2.75) is 52.1 Å². The third kappa shape index (κ3) is 4.72. The third-order valence-electron chi connectivity index (χ3n) is 6.48. The number of amides is 3. The van der Waals surface area contributed by atoms with Gasteiger partial charge in [0.2, 0.25) is 0 Å². The van der Waals surface area contributed by atoms with Gasteiger partial charge in [-0.05, 0) is 55.0 Å². The number of hydrogen-bond donors (Lipinski definition) is 1. The standard InChI is InChI=1S/C26H31N3O4/c1-4-33-26(32)28-14-12-21(13-15-28)29-16-19-6-5-7-22(23(19)25(29)31)24(30)27-20-10-8-18(9-11-20)17(2)3/h5-11,17,21H,4,12-16H2,1-3H3,(H,27,30). The van der Waals surface area contributed by atoms with E-state index in [-0.39, 0.29) is 23.9 Å². The van der Waals surface area contributed by atoms with E-state index in [2.05, 4.69) is 19.2 Å². The van der Waals surface area contributed by atoms with Gasteiger partial charge < -0.3 is 19.9 Å². The number of fused-ring (bicyclic) bond motifs is 1. The van der Waals surface area contributed by atoms with E-state index in [0.29, 0.717) is 61.8 Å². The van der Waals surface area contributed by atoms with Crippen LogP contribution in [-0.2, 0) is 11.3 Å². The molecule has 1 N–H and O–H groups in total. The van der Waals surface area contributed by atoms with Crippen LogP contribution in [-0.4, -0.2) is 53.4 Å². The van der Waals surface area contributed by atoms with Crippen LogP contribution in [0.25, 0.3) is 0 Å². The number of nitrogens with zero attached hydrogens (tertiary/aromatic N) is 2. The fourth-order valence-corrected chi connectivity index (χ4v) is 4.59. The third-order valence-corrected chi connectivity index (χ3v) is 6.48. The number of likely N-dealkylation sites (tertiary alicyclic amines) is 1. The Balaban J connectivity index is 1.45. The van der Waals surface area contributed by atoms with Crippen LogP contribution in [0.4, 0.5) is 10.5 Å². The number of carbonyl (C=O) groups excluding carboxylic acids is 3. The van der Waals surface area contributed by atoms with E-state index in [1.54, 1.807) is 17.9 Å². The largest absolute Gasteiger partial charge is 0.450 e. The smallest absolute Gasteiger partial charge is 0.409 e. The van der Waals surface area contributed by atoms with Crippen molar-refractivity contribution in [2.75, 3.05) is 25.0 Å². The molecule has 2 aliphatic heterocycles. The highest BCUT2D eigenvalue weighted by Crippen LogP contribution is 2.31. The van der Waals surface area contributed by atoms with Crippen LogP contribution in [0.5, 0.6) is 0 Å². The number of rotatable bonds is 5. The van der Waals surface area contributed by atoms with Gasteiger partial charge in [0.25, 0.3) is 11.8 Å². The Bertz CT molecular complexity index is 1040. The van der Waals surface area contributed by atoms with Crippen molar-refractivity contribution in [3.05, 3.63) is 64.7 Å². The number of benzene rings is 2. The van der Waals surface area contributed by atoms with Gasteiger partial charge >= 0.3 is 6.09 Å². The summed E-state index contributed by atoms with van der Waals surface area (Å²) in [7, 11) is 0. The first kappa shape index (κ1) is 22.8. The Morgan fingerprint density at radius 2 is 1.79 bits per heavy atom. The Morgan fingerprint density at radius 3 is 2.42 bits per heavy atom. The van der Waals surface area contributed by atoms with Crippen LogP contribution in [0.1, 0.15) is 71.4 Å². The summed E-state index contributed by atoms with van der Waals surface area (Å²) in [5.74, 6) is 0.0249. The van der Waals surface area contributed by atoms with E-state index in [4.69, 9.17) is 4.74 Å². The van der Waals surface area contributed by atoms with Gasteiger partial charge in [0, 0.05) is 31.4 Å². The zero-order chi connectivity index (χ0) is 23.5. The van der Waals surface area contributed by atoms with Crippen molar-refractivity contribution in [2.24, 2.45) is 0 Å². The lowest BCUT2D eigenvalue weighted by atomic mass is 10.0. The number of anilines is 1. The molecule has 7 nitrogen and oxygen atoms in total. The van der Waals surface area contributed by atoms with Crippen LogP contribution in [0.3, 0.4) is 0 Å². The normalized spacial score (nSPS) is 16.2.